The van der Waals surface area contributed by atoms with Gasteiger partial charge in [-0.3, -0.25) is 14.3 Å². The molecule has 0 aliphatic carbocycles. The Kier molecular flexibility index (Phi) is 5.43. The van der Waals surface area contributed by atoms with E-state index in [-0.39, 0.29) is 36.5 Å². The van der Waals surface area contributed by atoms with E-state index in [2.05, 4.69) is 15.7 Å². The summed E-state index contributed by atoms with van der Waals surface area (Å²) in [6, 6.07) is 13.3. The second kappa shape index (κ2) is 8.00. The number of piperidine rings is 1. The van der Waals surface area contributed by atoms with E-state index in [1.54, 1.807) is 16.9 Å². The standard InChI is InChI=1S/C21H23N5O2.ClH/c27-20(13-25-17-5-2-1-4-14(17)11-24-25)23-12-19-16-8-15(9-22-10-16)18-6-3-7-21(28)26(18)19;/h1-7,11,15-16,19,22H,8-10,12-13H2,(H,23,27);1H/t15-,16+,19+;/m1./s1. The zero-order valence-electron chi connectivity index (χ0n) is 16.0. The van der Waals surface area contributed by atoms with Crippen LogP contribution in [0.5, 0.6) is 0 Å². The summed E-state index contributed by atoms with van der Waals surface area (Å²) < 4.78 is 3.62. The fourth-order valence-corrected chi connectivity index (χ4v) is 4.73. The number of nitrogens with zero attached hydrogens (tertiary/aromatic N) is 3. The maximum Gasteiger partial charge on any atom is 0.251 e. The van der Waals surface area contributed by atoms with E-state index in [0.29, 0.717) is 18.4 Å². The average molecular weight is 414 g/mol. The van der Waals surface area contributed by atoms with Crippen LogP contribution in [0.4, 0.5) is 0 Å². The van der Waals surface area contributed by atoms with E-state index in [1.807, 2.05) is 41.0 Å². The van der Waals surface area contributed by atoms with Crippen molar-refractivity contribution in [3.8, 4) is 0 Å². The first kappa shape index (κ1) is 19.7. The SMILES string of the molecule is Cl.O=C(Cn1ncc2ccccc21)NC[C@H]1[C@@H]2CNC[C@@H](C2)c2cccc(=O)n21. The second-order valence-corrected chi connectivity index (χ2v) is 7.74. The van der Waals surface area contributed by atoms with Gasteiger partial charge in [-0.2, -0.15) is 5.10 Å². The van der Waals surface area contributed by atoms with Crippen molar-refractivity contribution in [3.05, 3.63) is 64.7 Å². The molecule has 29 heavy (non-hydrogen) atoms. The summed E-state index contributed by atoms with van der Waals surface area (Å²) in [5.74, 6) is 0.623. The van der Waals surface area contributed by atoms with Crippen LogP contribution in [0.2, 0.25) is 0 Å². The molecule has 0 radical (unpaired) electrons. The number of fused-ring (bicyclic) bond motifs is 5. The number of halogens is 1. The Balaban J connectivity index is 0.00000205. The Labute approximate surface area is 174 Å². The summed E-state index contributed by atoms with van der Waals surface area (Å²) in [4.78, 5) is 25.2. The second-order valence-electron chi connectivity index (χ2n) is 7.74. The third kappa shape index (κ3) is 3.56. The van der Waals surface area contributed by atoms with Gasteiger partial charge in [0.2, 0.25) is 5.91 Å². The van der Waals surface area contributed by atoms with Crippen LogP contribution in [-0.4, -0.2) is 39.9 Å². The van der Waals surface area contributed by atoms with Crippen molar-refractivity contribution in [2.24, 2.45) is 5.92 Å². The van der Waals surface area contributed by atoms with Gasteiger partial charge in [-0.1, -0.05) is 24.3 Å². The molecule has 0 saturated carbocycles. The number of carbonyl (C=O) groups excluding carboxylic acids is 1. The van der Waals surface area contributed by atoms with Gasteiger partial charge in [0, 0.05) is 42.7 Å². The fourth-order valence-electron chi connectivity index (χ4n) is 4.73. The smallest absolute Gasteiger partial charge is 0.251 e. The summed E-state index contributed by atoms with van der Waals surface area (Å²) >= 11 is 0. The van der Waals surface area contributed by atoms with Gasteiger partial charge < -0.3 is 15.2 Å². The van der Waals surface area contributed by atoms with Crippen LogP contribution in [-0.2, 0) is 11.3 Å². The quantitative estimate of drug-likeness (QED) is 0.682. The Bertz CT molecular complexity index is 1090. The highest BCUT2D eigenvalue weighted by Gasteiger charge is 2.37. The molecular formula is C21H24ClN5O2. The first-order valence-electron chi connectivity index (χ1n) is 9.80. The van der Waals surface area contributed by atoms with E-state index in [0.717, 1.165) is 36.1 Å². The van der Waals surface area contributed by atoms with Crippen molar-refractivity contribution in [2.45, 2.75) is 24.9 Å². The zero-order valence-corrected chi connectivity index (χ0v) is 16.8. The molecule has 1 fully saturated rings. The first-order valence-corrected chi connectivity index (χ1v) is 9.80. The van der Waals surface area contributed by atoms with E-state index in [1.165, 1.54) is 0 Å². The Morgan fingerprint density at radius 1 is 1.17 bits per heavy atom. The number of hydrogen-bond acceptors (Lipinski definition) is 4. The number of hydrogen-bond donors (Lipinski definition) is 2. The van der Waals surface area contributed by atoms with Crippen LogP contribution < -0.4 is 16.2 Å². The molecule has 8 heteroatoms. The predicted molar refractivity (Wildman–Crippen MR) is 113 cm³/mol. The zero-order chi connectivity index (χ0) is 19.1. The third-order valence-electron chi connectivity index (χ3n) is 6.05. The summed E-state index contributed by atoms with van der Waals surface area (Å²) in [5, 5.41) is 11.9. The molecule has 2 aliphatic heterocycles. The van der Waals surface area contributed by atoms with Crippen molar-refractivity contribution in [2.75, 3.05) is 19.6 Å². The lowest BCUT2D eigenvalue weighted by atomic mass is 9.79. The summed E-state index contributed by atoms with van der Waals surface area (Å²) in [6.07, 6.45) is 2.83. The molecule has 3 aromatic rings. The van der Waals surface area contributed by atoms with Gasteiger partial charge in [0.25, 0.3) is 5.56 Å². The Hall–Kier alpha value is -2.64. The molecule has 1 aromatic carbocycles. The van der Waals surface area contributed by atoms with Crippen molar-refractivity contribution in [3.63, 3.8) is 0 Å². The van der Waals surface area contributed by atoms with Gasteiger partial charge in [-0.15, -0.1) is 12.4 Å². The van der Waals surface area contributed by atoms with Crippen molar-refractivity contribution in [1.29, 1.82) is 0 Å². The van der Waals surface area contributed by atoms with Crippen molar-refractivity contribution >= 4 is 29.2 Å². The van der Waals surface area contributed by atoms with Crippen LogP contribution >= 0.6 is 12.4 Å². The van der Waals surface area contributed by atoms with Crippen molar-refractivity contribution in [1.82, 2.24) is 25.0 Å². The van der Waals surface area contributed by atoms with Crippen LogP contribution in [0.15, 0.2) is 53.5 Å². The third-order valence-corrected chi connectivity index (χ3v) is 6.05. The number of amides is 1. The van der Waals surface area contributed by atoms with Crippen LogP contribution in [0.3, 0.4) is 0 Å². The molecule has 3 atom stereocenters. The molecule has 2 N–H and O–H groups in total. The van der Waals surface area contributed by atoms with Gasteiger partial charge in [0.15, 0.2) is 0 Å². The normalized spacial score (nSPS) is 22.6. The highest BCUT2D eigenvalue weighted by atomic mass is 35.5. The molecule has 1 amide bonds. The summed E-state index contributed by atoms with van der Waals surface area (Å²) in [7, 11) is 0. The average Bonchev–Trinajstić information content (AvgIpc) is 3.11. The molecular weight excluding hydrogens is 390 g/mol. The fraction of sp³-hybridized carbons (Fsp3) is 0.381. The van der Waals surface area contributed by atoms with E-state index >= 15 is 0 Å². The Morgan fingerprint density at radius 3 is 2.93 bits per heavy atom. The van der Waals surface area contributed by atoms with Crippen molar-refractivity contribution < 1.29 is 4.79 Å². The molecule has 2 aliphatic rings. The van der Waals surface area contributed by atoms with E-state index in [4.69, 9.17) is 0 Å². The van der Waals surface area contributed by atoms with Crippen LogP contribution in [0.1, 0.15) is 24.1 Å². The first-order chi connectivity index (χ1) is 13.7. The highest BCUT2D eigenvalue weighted by molar-refractivity contribution is 5.85. The largest absolute Gasteiger partial charge is 0.352 e. The number of nitrogens with one attached hydrogen (secondary N) is 2. The molecule has 2 bridgehead atoms. The minimum absolute atomic E-state index is 0. The van der Waals surface area contributed by atoms with Crippen LogP contribution in [0.25, 0.3) is 10.9 Å². The lowest BCUT2D eigenvalue weighted by Crippen LogP contribution is -2.50. The van der Waals surface area contributed by atoms with Gasteiger partial charge >= 0.3 is 0 Å². The predicted octanol–water partition coefficient (Wildman–Crippen LogP) is 1.68. The number of aromatic nitrogens is 3. The maximum atomic E-state index is 12.6. The number of para-hydroxylation sites is 1. The lowest BCUT2D eigenvalue weighted by molar-refractivity contribution is -0.122. The minimum atomic E-state index is -0.0923. The molecule has 5 rings (SSSR count). The van der Waals surface area contributed by atoms with E-state index < -0.39 is 0 Å². The molecule has 7 nitrogen and oxygen atoms in total. The number of rotatable bonds is 4. The molecule has 4 heterocycles. The highest BCUT2D eigenvalue weighted by Crippen LogP contribution is 2.38. The summed E-state index contributed by atoms with van der Waals surface area (Å²) in [5.41, 5.74) is 2.04. The minimum Gasteiger partial charge on any atom is -0.352 e. The van der Waals surface area contributed by atoms with Crippen LogP contribution in [0, 0.1) is 5.92 Å². The van der Waals surface area contributed by atoms with E-state index in [9.17, 15) is 9.59 Å². The molecule has 2 aromatic heterocycles. The maximum absolute atomic E-state index is 12.6. The van der Waals surface area contributed by atoms with Gasteiger partial charge in [0.1, 0.15) is 6.54 Å². The topological polar surface area (TPSA) is 81.0 Å². The molecule has 0 unspecified atom stereocenters. The number of benzene rings is 1. The number of pyridine rings is 1. The molecule has 152 valence electrons. The van der Waals surface area contributed by atoms with Gasteiger partial charge in [-0.25, -0.2) is 0 Å². The lowest BCUT2D eigenvalue weighted by Gasteiger charge is -2.43. The van der Waals surface area contributed by atoms with Gasteiger partial charge in [0.05, 0.1) is 17.8 Å². The molecule has 1 saturated heterocycles. The summed E-state index contributed by atoms with van der Waals surface area (Å²) in [6.45, 7) is 2.41. The Morgan fingerprint density at radius 2 is 2.03 bits per heavy atom. The number of carbonyl (C=O) groups is 1. The molecule has 0 spiro atoms. The van der Waals surface area contributed by atoms with Gasteiger partial charge in [-0.05, 0) is 24.5 Å². The monoisotopic (exact) mass is 413 g/mol.